The lowest BCUT2D eigenvalue weighted by Crippen LogP contribution is -2.52. The third-order valence-electron chi connectivity index (χ3n) is 3.10. The third-order valence-corrected chi connectivity index (χ3v) is 3.10. The van der Waals surface area contributed by atoms with Gasteiger partial charge in [0.25, 0.3) is 0 Å². The first-order valence-corrected chi connectivity index (χ1v) is 5.72. The van der Waals surface area contributed by atoms with Gasteiger partial charge in [0.1, 0.15) is 5.82 Å². The van der Waals surface area contributed by atoms with Gasteiger partial charge in [-0.25, -0.2) is 4.98 Å². The Morgan fingerprint density at radius 3 is 2.44 bits per heavy atom. The quantitative estimate of drug-likeness (QED) is 0.880. The molecule has 1 aliphatic carbocycles. The van der Waals surface area contributed by atoms with E-state index in [0.717, 1.165) is 25.7 Å². The van der Waals surface area contributed by atoms with Crippen molar-refractivity contribution in [3.8, 4) is 0 Å². The van der Waals surface area contributed by atoms with Crippen LogP contribution in [0, 0.1) is 0 Å². The van der Waals surface area contributed by atoms with Gasteiger partial charge in [-0.05, 0) is 25.0 Å². The minimum Gasteiger partial charge on any atom is -0.317 e. The summed E-state index contributed by atoms with van der Waals surface area (Å²) in [6, 6.07) is 5.42. The molecule has 18 heavy (non-hydrogen) atoms. The van der Waals surface area contributed by atoms with Gasteiger partial charge < -0.3 is 11.1 Å². The number of carbonyl (C=O) groups is 1. The number of nitrogens with one attached hydrogen (secondary N) is 1. The highest BCUT2D eigenvalue weighted by molar-refractivity contribution is 5.97. The van der Waals surface area contributed by atoms with E-state index >= 15 is 0 Å². The van der Waals surface area contributed by atoms with Crippen molar-refractivity contribution in [2.75, 3.05) is 5.32 Å². The van der Waals surface area contributed by atoms with Crippen molar-refractivity contribution in [1.29, 1.82) is 0 Å². The molecule has 0 spiro atoms. The molecule has 0 bridgehead atoms. The molecule has 4 nitrogen and oxygen atoms in total. The summed E-state index contributed by atoms with van der Waals surface area (Å²) in [5.41, 5.74) is 5.41. The zero-order chi connectivity index (χ0) is 11.4. The molecule has 0 aromatic carbocycles. The zero-order valence-electron chi connectivity index (χ0n) is 10.1. The molecule has 0 aliphatic heterocycles. The molecule has 0 unspecified atom stereocenters. The molecule has 1 amide bonds. The van der Waals surface area contributed by atoms with Crippen LogP contribution in [-0.4, -0.2) is 16.4 Å². The lowest BCUT2D eigenvalue weighted by molar-refractivity contribution is -0.122. The average molecular weight is 292 g/mol. The number of nitrogens with zero attached hydrogens (tertiary/aromatic N) is 1. The Hall–Kier alpha value is -0.840. The van der Waals surface area contributed by atoms with E-state index in [0.29, 0.717) is 5.82 Å². The van der Waals surface area contributed by atoms with Crippen LogP contribution >= 0.6 is 24.8 Å². The van der Waals surface area contributed by atoms with Gasteiger partial charge in [0.05, 0.1) is 5.54 Å². The molecular weight excluding hydrogens is 273 g/mol. The maximum Gasteiger partial charge on any atom is 0.245 e. The number of pyridine rings is 1. The number of nitrogens with two attached hydrogens (primary N) is 1. The number of anilines is 1. The van der Waals surface area contributed by atoms with Crippen LogP contribution in [0.3, 0.4) is 0 Å². The Morgan fingerprint density at radius 1 is 1.22 bits per heavy atom. The Kier molecular flexibility index (Phi) is 7.21. The topological polar surface area (TPSA) is 68.0 Å². The van der Waals surface area contributed by atoms with Crippen LogP contribution in [0.2, 0.25) is 0 Å². The van der Waals surface area contributed by atoms with Gasteiger partial charge in [0.2, 0.25) is 5.91 Å². The minimum absolute atomic E-state index is 0. The monoisotopic (exact) mass is 291 g/mol. The summed E-state index contributed by atoms with van der Waals surface area (Å²) in [5.74, 6) is 0.466. The first-order valence-electron chi connectivity index (χ1n) is 5.72. The fraction of sp³-hybridized carbons (Fsp3) is 0.500. The maximum atomic E-state index is 12.0. The standard InChI is InChI=1S/C12H17N3O.2ClH/c13-12(7-3-1-4-8-12)11(16)15-10-6-2-5-9-14-10;;/h2,5-6,9H,1,3-4,7-8,13H2,(H,14,15,16);2*1H. The van der Waals surface area contributed by atoms with Gasteiger partial charge in [-0.15, -0.1) is 24.8 Å². The number of hydrogen-bond acceptors (Lipinski definition) is 3. The van der Waals surface area contributed by atoms with Gasteiger partial charge in [0.15, 0.2) is 0 Å². The average Bonchev–Trinajstić information content (AvgIpc) is 2.31. The molecule has 0 radical (unpaired) electrons. The van der Waals surface area contributed by atoms with Crippen LogP contribution in [-0.2, 0) is 4.79 Å². The van der Waals surface area contributed by atoms with Crippen molar-refractivity contribution in [3.63, 3.8) is 0 Å². The molecule has 1 saturated carbocycles. The second-order valence-electron chi connectivity index (χ2n) is 4.39. The van der Waals surface area contributed by atoms with Gasteiger partial charge in [0, 0.05) is 6.20 Å². The van der Waals surface area contributed by atoms with E-state index in [4.69, 9.17) is 5.73 Å². The zero-order valence-corrected chi connectivity index (χ0v) is 11.7. The highest BCUT2D eigenvalue weighted by Crippen LogP contribution is 2.26. The fourth-order valence-electron chi connectivity index (χ4n) is 2.09. The molecule has 1 aromatic rings. The van der Waals surface area contributed by atoms with E-state index < -0.39 is 5.54 Å². The normalized spacial score (nSPS) is 16.9. The molecular formula is C12H19Cl2N3O. The summed E-state index contributed by atoms with van der Waals surface area (Å²) in [6.07, 6.45) is 6.44. The first-order chi connectivity index (χ1) is 7.71. The number of carbonyl (C=O) groups excluding carboxylic acids is 1. The summed E-state index contributed by atoms with van der Waals surface area (Å²) < 4.78 is 0. The highest BCUT2D eigenvalue weighted by Gasteiger charge is 2.35. The van der Waals surface area contributed by atoms with E-state index in [1.165, 1.54) is 6.42 Å². The molecule has 6 heteroatoms. The molecule has 0 saturated heterocycles. The molecule has 2 rings (SSSR count). The lowest BCUT2D eigenvalue weighted by Gasteiger charge is -2.31. The van der Waals surface area contributed by atoms with Crippen molar-refractivity contribution in [2.45, 2.75) is 37.6 Å². The Labute approximate surface area is 120 Å². The number of hydrogen-bond donors (Lipinski definition) is 2. The van der Waals surface area contributed by atoms with Gasteiger partial charge in [-0.2, -0.15) is 0 Å². The molecule has 1 aromatic heterocycles. The SMILES string of the molecule is Cl.Cl.NC1(C(=O)Nc2ccccn2)CCCCC1. The van der Waals surface area contributed by atoms with E-state index in [2.05, 4.69) is 10.3 Å². The Balaban J connectivity index is 0.00000144. The fourth-order valence-corrected chi connectivity index (χ4v) is 2.09. The van der Waals surface area contributed by atoms with Gasteiger partial charge >= 0.3 is 0 Å². The number of amides is 1. The van der Waals surface area contributed by atoms with Crippen molar-refractivity contribution >= 4 is 36.5 Å². The summed E-state index contributed by atoms with van der Waals surface area (Å²) in [5, 5.41) is 2.78. The largest absolute Gasteiger partial charge is 0.317 e. The Morgan fingerprint density at radius 2 is 1.89 bits per heavy atom. The lowest BCUT2D eigenvalue weighted by atomic mass is 9.82. The van der Waals surface area contributed by atoms with Gasteiger partial charge in [-0.3, -0.25) is 4.79 Å². The summed E-state index contributed by atoms with van der Waals surface area (Å²) in [4.78, 5) is 16.1. The second-order valence-corrected chi connectivity index (χ2v) is 4.39. The predicted octanol–water partition coefficient (Wildman–Crippen LogP) is 2.53. The third kappa shape index (κ3) is 4.12. The highest BCUT2D eigenvalue weighted by atomic mass is 35.5. The maximum absolute atomic E-state index is 12.0. The molecule has 1 fully saturated rings. The van der Waals surface area contributed by atoms with Crippen molar-refractivity contribution in [1.82, 2.24) is 4.98 Å². The smallest absolute Gasteiger partial charge is 0.245 e. The summed E-state index contributed by atoms with van der Waals surface area (Å²) in [6.45, 7) is 0. The first kappa shape index (κ1) is 17.2. The van der Waals surface area contributed by atoms with Crippen molar-refractivity contribution in [2.24, 2.45) is 5.73 Å². The van der Waals surface area contributed by atoms with E-state index in [1.54, 1.807) is 12.3 Å². The Bertz CT molecular complexity index is 367. The minimum atomic E-state index is -0.699. The molecule has 102 valence electrons. The molecule has 1 heterocycles. The van der Waals surface area contributed by atoms with Crippen LogP contribution < -0.4 is 11.1 Å². The van der Waals surface area contributed by atoms with E-state index in [-0.39, 0.29) is 30.7 Å². The molecule has 1 aliphatic rings. The summed E-state index contributed by atoms with van der Waals surface area (Å²) >= 11 is 0. The van der Waals surface area contributed by atoms with Gasteiger partial charge in [-0.1, -0.05) is 25.3 Å². The molecule has 0 atom stereocenters. The second kappa shape index (κ2) is 7.56. The van der Waals surface area contributed by atoms with Crippen LogP contribution in [0.4, 0.5) is 5.82 Å². The van der Waals surface area contributed by atoms with E-state index in [9.17, 15) is 4.79 Å². The van der Waals surface area contributed by atoms with Crippen LogP contribution in [0.5, 0.6) is 0 Å². The van der Waals surface area contributed by atoms with E-state index in [1.807, 2.05) is 12.1 Å². The van der Waals surface area contributed by atoms with Crippen LogP contribution in [0.15, 0.2) is 24.4 Å². The molecule has 3 N–H and O–H groups in total. The number of aromatic nitrogens is 1. The van der Waals surface area contributed by atoms with Crippen LogP contribution in [0.25, 0.3) is 0 Å². The van der Waals surface area contributed by atoms with Crippen LogP contribution in [0.1, 0.15) is 32.1 Å². The van der Waals surface area contributed by atoms with Crippen molar-refractivity contribution in [3.05, 3.63) is 24.4 Å². The predicted molar refractivity (Wildman–Crippen MR) is 77.4 cm³/mol. The number of halogens is 2. The summed E-state index contributed by atoms with van der Waals surface area (Å²) in [7, 11) is 0. The van der Waals surface area contributed by atoms with Crippen molar-refractivity contribution < 1.29 is 4.79 Å². The number of rotatable bonds is 2.